The van der Waals surface area contributed by atoms with Crippen LogP contribution in [0.2, 0.25) is 0 Å². The normalized spacial score (nSPS) is 15.2. The van der Waals surface area contributed by atoms with Gasteiger partial charge in [0.25, 0.3) is 5.91 Å². The minimum atomic E-state index is -0.869. The van der Waals surface area contributed by atoms with Crippen LogP contribution in [0.4, 0.5) is 15.8 Å². The SMILES string of the molecule is [C-]#[N+]c1cc(-c2ccnc3cc(-c4cnc(C(=O)N(C)CCO)cc4C)oc23)ccc1N1CCC(F)C1. The van der Waals surface area contributed by atoms with Gasteiger partial charge in [0.15, 0.2) is 5.58 Å². The molecule has 1 unspecified atom stereocenters. The van der Waals surface area contributed by atoms with Crippen LogP contribution in [0.1, 0.15) is 22.5 Å². The molecule has 1 amide bonds. The Morgan fingerprint density at radius 3 is 2.81 bits per heavy atom. The topological polar surface area (TPSA) is 87.1 Å². The maximum atomic E-state index is 13.7. The minimum Gasteiger partial charge on any atom is -0.454 e. The third-order valence-corrected chi connectivity index (χ3v) is 6.67. The maximum absolute atomic E-state index is 13.7. The van der Waals surface area contributed by atoms with Crippen LogP contribution in [-0.2, 0) is 0 Å². The Balaban J connectivity index is 1.50. The van der Waals surface area contributed by atoms with Crippen LogP contribution in [0.15, 0.2) is 53.2 Å². The van der Waals surface area contributed by atoms with E-state index in [1.807, 2.05) is 36.1 Å². The largest absolute Gasteiger partial charge is 0.454 e. The van der Waals surface area contributed by atoms with E-state index in [1.165, 1.54) is 4.90 Å². The molecule has 4 heterocycles. The summed E-state index contributed by atoms with van der Waals surface area (Å²) >= 11 is 0. The Morgan fingerprint density at radius 2 is 2.11 bits per heavy atom. The van der Waals surface area contributed by atoms with Crippen LogP contribution in [0, 0.1) is 13.5 Å². The summed E-state index contributed by atoms with van der Waals surface area (Å²) in [5.74, 6) is 0.294. The smallest absolute Gasteiger partial charge is 0.272 e. The van der Waals surface area contributed by atoms with Crippen LogP contribution in [0.25, 0.3) is 38.4 Å². The van der Waals surface area contributed by atoms with E-state index in [1.54, 1.807) is 31.6 Å². The van der Waals surface area contributed by atoms with Gasteiger partial charge in [0, 0.05) is 62.0 Å². The molecule has 1 saturated heterocycles. The van der Waals surface area contributed by atoms with Gasteiger partial charge in [-0.05, 0) is 48.7 Å². The zero-order chi connectivity index (χ0) is 26.1. The highest BCUT2D eigenvalue weighted by Gasteiger charge is 2.24. The highest BCUT2D eigenvalue weighted by molar-refractivity contribution is 5.95. The Hall–Kier alpha value is -4.29. The van der Waals surface area contributed by atoms with E-state index in [9.17, 15) is 9.18 Å². The molecule has 1 fully saturated rings. The highest BCUT2D eigenvalue weighted by atomic mass is 19.1. The Bertz CT molecular complexity index is 1530. The minimum absolute atomic E-state index is 0.121. The molecule has 8 nitrogen and oxygen atoms in total. The van der Waals surface area contributed by atoms with Crippen molar-refractivity contribution in [2.45, 2.75) is 19.5 Å². The molecule has 1 aromatic carbocycles. The molecule has 1 aliphatic rings. The molecule has 0 bridgehead atoms. The number of alkyl halides is 1. The van der Waals surface area contributed by atoms with Gasteiger partial charge in [-0.25, -0.2) is 9.24 Å². The number of fused-ring (bicyclic) bond motifs is 1. The predicted molar refractivity (Wildman–Crippen MR) is 139 cm³/mol. The summed E-state index contributed by atoms with van der Waals surface area (Å²) in [4.78, 5) is 28.4. The van der Waals surface area contributed by atoms with Crippen LogP contribution >= 0.6 is 0 Å². The fourth-order valence-electron chi connectivity index (χ4n) is 4.66. The highest BCUT2D eigenvalue weighted by Crippen LogP contribution is 2.39. The molecule has 1 aliphatic heterocycles. The second-order valence-electron chi connectivity index (χ2n) is 9.17. The van der Waals surface area contributed by atoms with E-state index in [4.69, 9.17) is 16.1 Å². The molecule has 5 rings (SSSR count). The van der Waals surface area contributed by atoms with Crippen molar-refractivity contribution in [2.75, 3.05) is 38.2 Å². The van der Waals surface area contributed by atoms with Gasteiger partial charge in [0.05, 0.1) is 13.2 Å². The van der Waals surface area contributed by atoms with Gasteiger partial charge in [0.1, 0.15) is 23.1 Å². The second-order valence-corrected chi connectivity index (χ2v) is 9.17. The van der Waals surface area contributed by atoms with Crippen molar-refractivity contribution in [3.8, 4) is 22.5 Å². The lowest BCUT2D eigenvalue weighted by molar-refractivity contribution is 0.0761. The van der Waals surface area contributed by atoms with Crippen LogP contribution < -0.4 is 4.90 Å². The van der Waals surface area contributed by atoms with E-state index in [2.05, 4.69) is 14.8 Å². The number of halogens is 1. The lowest BCUT2D eigenvalue weighted by Gasteiger charge is -2.20. The monoisotopic (exact) mass is 499 g/mol. The first-order valence-corrected chi connectivity index (χ1v) is 12.0. The fourth-order valence-corrected chi connectivity index (χ4v) is 4.66. The molecule has 9 heteroatoms. The van der Waals surface area contributed by atoms with Crippen LogP contribution in [-0.4, -0.2) is 65.3 Å². The van der Waals surface area contributed by atoms with Gasteiger partial charge in [-0.3, -0.25) is 14.8 Å². The number of rotatable bonds is 6. The number of furan rings is 1. The first-order valence-electron chi connectivity index (χ1n) is 12.0. The Labute approximate surface area is 213 Å². The number of hydrogen-bond donors (Lipinski definition) is 1. The number of amides is 1. The number of carbonyl (C=O) groups excluding carboxylic acids is 1. The number of pyridine rings is 2. The quantitative estimate of drug-likeness (QED) is 0.375. The lowest BCUT2D eigenvalue weighted by atomic mass is 10.0. The van der Waals surface area contributed by atoms with Gasteiger partial charge in [-0.15, -0.1) is 0 Å². The van der Waals surface area contributed by atoms with E-state index < -0.39 is 6.17 Å². The number of aliphatic hydroxyl groups excluding tert-OH is 1. The molecule has 0 saturated carbocycles. The molecule has 0 aliphatic carbocycles. The van der Waals surface area contributed by atoms with E-state index in [0.29, 0.717) is 42.1 Å². The number of aliphatic hydroxyl groups is 1. The molecular formula is C28H26FN5O3. The molecule has 1 N–H and O–H groups in total. The summed E-state index contributed by atoms with van der Waals surface area (Å²) in [6, 6.07) is 11.0. The van der Waals surface area contributed by atoms with E-state index in [-0.39, 0.29) is 24.8 Å². The molecule has 37 heavy (non-hydrogen) atoms. The van der Waals surface area contributed by atoms with Crippen LogP contribution in [0.5, 0.6) is 0 Å². The van der Waals surface area contributed by atoms with Gasteiger partial charge < -0.3 is 19.3 Å². The number of likely N-dealkylation sites (N-methyl/N-ethyl adjacent to an activating group) is 1. The third kappa shape index (κ3) is 4.63. The van der Waals surface area contributed by atoms with Gasteiger partial charge in [-0.1, -0.05) is 6.07 Å². The van der Waals surface area contributed by atoms with Crippen molar-refractivity contribution >= 4 is 28.4 Å². The molecule has 188 valence electrons. The van der Waals surface area contributed by atoms with Crippen molar-refractivity contribution in [1.82, 2.24) is 14.9 Å². The van der Waals surface area contributed by atoms with E-state index >= 15 is 0 Å². The fraction of sp³-hybridized carbons (Fsp3) is 0.286. The number of carbonyl (C=O) groups is 1. The van der Waals surface area contributed by atoms with Gasteiger partial charge in [-0.2, -0.15) is 0 Å². The summed E-state index contributed by atoms with van der Waals surface area (Å²) in [6.45, 7) is 10.6. The summed E-state index contributed by atoms with van der Waals surface area (Å²) in [7, 11) is 1.62. The second kappa shape index (κ2) is 9.99. The molecule has 3 aromatic heterocycles. The summed E-state index contributed by atoms with van der Waals surface area (Å²) in [6.07, 6.45) is 2.90. The molecule has 1 atom stereocenters. The zero-order valence-corrected chi connectivity index (χ0v) is 20.6. The average Bonchev–Trinajstić information content (AvgIpc) is 3.54. The van der Waals surface area contributed by atoms with Crippen molar-refractivity contribution in [3.63, 3.8) is 0 Å². The first kappa shape index (κ1) is 24.4. The average molecular weight is 500 g/mol. The number of anilines is 1. The molecule has 0 spiro atoms. The first-order chi connectivity index (χ1) is 17.9. The molecule has 0 radical (unpaired) electrons. The Kier molecular flexibility index (Phi) is 6.59. The number of nitrogens with zero attached hydrogens (tertiary/aromatic N) is 5. The zero-order valence-electron chi connectivity index (χ0n) is 20.6. The summed E-state index contributed by atoms with van der Waals surface area (Å²) in [5, 5.41) is 9.09. The van der Waals surface area contributed by atoms with E-state index in [0.717, 1.165) is 27.9 Å². The maximum Gasteiger partial charge on any atom is 0.272 e. The number of benzene rings is 1. The lowest BCUT2D eigenvalue weighted by Crippen LogP contribution is -2.30. The number of aromatic nitrogens is 2. The van der Waals surface area contributed by atoms with Crippen molar-refractivity contribution in [2.24, 2.45) is 0 Å². The van der Waals surface area contributed by atoms with Crippen molar-refractivity contribution < 1.29 is 18.7 Å². The number of hydrogen-bond acceptors (Lipinski definition) is 6. The van der Waals surface area contributed by atoms with Crippen LogP contribution in [0.3, 0.4) is 0 Å². The molecular weight excluding hydrogens is 473 g/mol. The molecule has 4 aromatic rings. The Morgan fingerprint density at radius 1 is 1.27 bits per heavy atom. The van der Waals surface area contributed by atoms with Gasteiger partial charge >= 0.3 is 0 Å². The third-order valence-electron chi connectivity index (χ3n) is 6.67. The summed E-state index contributed by atoms with van der Waals surface area (Å²) < 4.78 is 20.0. The standard InChI is InChI=1S/C28H26FN5O3/c1-17-12-24(28(36)33(3)10-11-35)32-15-21(17)26-14-23-27(37-26)20(6-8-31-23)18-4-5-25(22(13-18)30-2)34-9-7-19(29)16-34/h4-6,8,12-15,19,35H,7,9-11,16H2,1,3H3. The number of aryl methyl sites for hydroxylation is 1. The van der Waals surface area contributed by atoms with Crippen molar-refractivity contribution in [3.05, 3.63) is 71.5 Å². The summed E-state index contributed by atoms with van der Waals surface area (Å²) in [5.41, 5.74) is 5.87. The van der Waals surface area contributed by atoms with Gasteiger partial charge in [0.2, 0.25) is 5.69 Å². The predicted octanol–water partition coefficient (Wildman–Crippen LogP) is 5.03. The van der Waals surface area contributed by atoms with Crippen molar-refractivity contribution in [1.29, 1.82) is 0 Å².